The van der Waals surface area contributed by atoms with Crippen molar-refractivity contribution < 1.29 is 0 Å². The molecule has 0 aliphatic carbocycles. The molecule has 1 aromatic heterocycles. The van der Waals surface area contributed by atoms with Gasteiger partial charge in [-0.15, -0.1) is 11.3 Å². The lowest BCUT2D eigenvalue weighted by molar-refractivity contribution is 1.27. The number of hydrogen-bond acceptors (Lipinski definition) is 1. The summed E-state index contributed by atoms with van der Waals surface area (Å²) >= 11 is 1.89. The summed E-state index contributed by atoms with van der Waals surface area (Å²) in [5.74, 6) is 0. The Hall–Kier alpha value is -1.60. The third-order valence-electron chi connectivity index (χ3n) is 4.00. The molecule has 0 bridgehead atoms. The van der Waals surface area contributed by atoms with Gasteiger partial charge in [0.2, 0.25) is 0 Å². The lowest BCUT2D eigenvalue weighted by Gasteiger charge is -2.09. The van der Waals surface area contributed by atoms with Crippen molar-refractivity contribution in [3.63, 3.8) is 0 Å². The Balaban J connectivity index is 2.22. The van der Waals surface area contributed by atoms with Crippen LogP contribution >= 0.6 is 11.3 Å². The van der Waals surface area contributed by atoms with Crippen molar-refractivity contribution in [2.75, 3.05) is 0 Å². The van der Waals surface area contributed by atoms with E-state index in [2.05, 4.69) is 64.1 Å². The molecule has 0 spiro atoms. The van der Waals surface area contributed by atoms with Gasteiger partial charge in [0.05, 0.1) is 0 Å². The highest BCUT2D eigenvalue weighted by atomic mass is 32.1. The summed E-state index contributed by atoms with van der Waals surface area (Å²) < 4.78 is 1.38. The lowest BCUT2D eigenvalue weighted by atomic mass is 9.98. The van der Waals surface area contributed by atoms with Crippen LogP contribution in [-0.4, -0.2) is 0 Å². The minimum Gasteiger partial charge on any atom is -0.135 e. The molecule has 0 atom stereocenters. The van der Waals surface area contributed by atoms with Gasteiger partial charge in [-0.3, -0.25) is 0 Å². The third-order valence-corrected chi connectivity index (χ3v) is 5.13. The first kappa shape index (κ1) is 12.4. The second kappa shape index (κ2) is 4.50. The van der Waals surface area contributed by atoms with Crippen LogP contribution < -0.4 is 0 Å². The predicted octanol–water partition coefficient (Wildman–Crippen LogP) is 5.80. The van der Waals surface area contributed by atoms with Crippen LogP contribution in [0.1, 0.15) is 22.3 Å². The van der Waals surface area contributed by atoms with Crippen molar-refractivity contribution in [1.82, 2.24) is 0 Å². The number of aryl methyl sites for hydroxylation is 2. The zero-order valence-corrected chi connectivity index (χ0v) is 12.7. The smallest absolute Gasteiger partial charge is 0.0358 e. The topological polar surface area (TPSA) is 0 Å². The number of hydrogen-bond donors (Lipinski definition) is 0. The molecule has 3 aromatic rings. The van der Waals surface area contributed by atoms with E-state index in [4.69, 9.17) is 0 Å². The molecule has 0 aliphatic heterocycles. The first-order valence-electron chi connectivity index (χ1n) is 6.63. The van der Waals surface area contributed by atoms with E-state index in [-0.39, 0.29) is 0 Å². The van der Waals surface area contributed by atoms with E-state index in [1.165, 1.54) is 42.8 Å². The first-order valence-corrected chi connectivity index (χ1v) is 7.45. The molecule has 96 valence electrons. The number of fused-ring (bicyclic) bond motifs is 1. The molecule has 0 fully saturated rings. The van der Waals surface area contributed by atoms with E-state index >= 15 is 0 Å². The van der Waals surface area contributed by atoms with E-state index in [0.29, 0.717) is 0 Å². The predicted molar refractivity (Wildman–Crippen MR) is 86.2 cm³/mol. The maximum absolute atomic E-state index is 2.32. The Morgan fingerprint density at radius 3 is 2.37 bits per heavy atom. The van der Waals surface area contributed by atoms with Gasteiger partial charge in [0.1, 0.15) is 0 Å². The summed E-state index contributed by atoms with van der Waals surface area (Å²) in [4.78, 5) is 1.38. The highest BCUT2D eigenvalue weighted by molar-refractivity contribution is 7.22. The minimum atomic E-state index is 1.33. The van der Waals surface area contributed by atoms with Crippen LogP contribution in [0.25, 0.3) is 20.5 Å². The normalized spacial score (nSPS) is 11.2. The second-order valence-electron chi connectivity index (χ2n) is 5.33. The van der Waals surface area contributed by atoms with E-state index < -0.39 is 0 Å². The van der Waals surface area contributed by atoms with Crippen LogP contribution in [0.4, 0.5) is 0 Å². The SMILES string of the molecule is Cc1ccc2cc(-c3ccc(C)c(C)c3C)sc2c1. The Labute approximate surface area is 118 Å². The van der Waals surface area contributed by atoms with Gasteiger partial charge in [-0.2, -0.15) is 0 Å². The number of rotatable bonds is 1. The van der Waals surface area contributed by atoms with Crippen molar-refractivity contribution in [1.29, 1.82) is 0 Å². The van der Waals surface area contributed by atoms with E-state index in [9.17, 15) is 0 Å². The summed E-state index contributed by atoms with van der Waals surface area (Å²) in [5, 5.41) is 1.35. The largest absolute Gasteiger partial charge is 0.135 e. The third kappa shape index (κ3) is 2.08. The van der Waals surface area contributed by atoms with Crippen LogP contribution in [-0.2, 0) is 0 Å². The molecule has 0 nitrogen and oxygen atoms in total. The van der Waals surface area contributed by atoms with E-state index in [1.54, 1.807) is 0 Å². The van der Waals surface area contributed by atoms with Gasteiger partial charge in [0.25, 0.3) is 0 Å². The standard InChI is InChI=1S/C18H18S/c1-11-5-7-15-10-18(19-17(15)9-11)16-8-6-12(2)13(3)14(16)4/h5-10H,1-4H3. The minimum absolute atomic E-state index is 1.33. The van der Waals surface area contributed by atoms with Crippen molar-refractivity contribution in [3.8, 4) is 10.4 Å². The fourth-order valence-corrected chi connectivity index (χ4v) is 3.74. The lowest BCUT2D eigenvalue weighted by Crippen LogP contribution is -1.88. The molecule has 0 N–H and O–H groups in total. The van der Waals surface area contributed by atoms with Crippen LogP contribution in [0.15, 0.2) is 36.4 Å². The van der Waals surface area contributed by atoms with Gasteiger partial charge in [-0.1, -0.05) is 24.3 Å². The number of thiophene rings is 1. The Morgan fingerprint density at radius 1 is 0.789 bits per heavy atom. The Bertz CT molecular complexity index is 763. The van der Waals surface area contributed by atoms with Gasteiger partial charge < -0.3 is 0 Å². The Kier molecular flexibility index (Phi) is 2.94. The van der Waals surface area contributed by atoms with Crippen molar-refractivity contribution in [2.45, 2.75) is 27.7 Å². The van der Waals surface area contributed by atoms with Gasteiger partial charge in [-0.25, -0.2) is 0 Å². The summed E-state index contributed by atoms with van der Waals surface area (Å²) in [6.45, 7) is 8.78. The van der Waals surface area contributed by atoms with Crippen LogP contribution in [0.5, 0.6) is 0 Å². The molecule has 0 saturated heterocycles. The van der Waals surface area contributed by atoms with Crippen molar-refractivity contribution >= 4 is 21.4 Å². The first-order chi connectivity index (χ1) is 9.06. The molecule has 0 amide bonds. The highest BCUT2D eigenvalue weighted by Crippen LogP contribution is 2.36. The van der Waals surface area contributed by atoms with Gasteiger partial charge in [-0.05, 0) is 73.0 Å². The highest BCUT2D eigenvalue weighted by Gasteiger charge is 2.09. The quantitative estimate of drug-likeness (QED) is 0.522. The molecule has 3 rings (SSSR count). The van der Waals surface area contributed by atoms with Gasteiger partial charge in [0.15, 0.2) is 0 Å². The summed E-state index contributed by atoms with van der Waals surface area (Å²) in [6, 6.07) is 13.5. The zero-order valence-electron chi connectivity index (χ0n) is 11.9. The monoisotopic (exact) mass is 266 g/mol. The molecule has 1 heteroatoms. The summed E-state index contributed by atoms with van der Waals surface area (Å²) in [7, 11) is 0. The summed E-state index contributed by atoms with van der Waals surface area (Å²) in [6.07, 6.45) is 0. The molecular formula is C18H18S. The molecule has 0 radical (unpaired) electrons. The van der Waals surface area contributed by atoms with Crippen LogP contribution in [0, 0.1) is 27.7 Å². The molecule has 0 saturated carbocycles. The molecule has 0 unspecified atom stereocenters. The van der Waals surface area contributed by atoms with Crippen LogP contribution in [0.3, 0.4) is 0 Å². The average Bonchev–Trinajstić information content (AvgIpc) is 2.78. The van der Waals surface area contributed by atoms with Gasteiger partial charge in [0, 0.05) is 9.58 Å². The van der Waals surface area contributed by atoms with Gasteiger partial charge >= 0.3 is 0 Å². The van der Waals surface area contributed by atoms with E-state index in [0.717, 1.165) is 0 Å². The fourth-order valence-electron chi connectivity index (χ4n) is 2.49. The fraction of sp³-hybridized carbons (Fsp3) is 0.222. The second-order valence-corrected chi connectivity index (χ2v) is 6.42. The van der Waals surface area contributed by atoms with Crippen molar-refractivity contribution in [3.05, 3.63) is 58.7 Å². The molecule has 2 aromatic carbocycles. The average molecular weight is 266 g/mol. The molecule has 1 heterocycles. The summed E-state index contributed by atoms with van der Waals surface area (Å²) in [5.41, 5.74) is 6.90. The molecule has 19 heavy (non-hydrogen) atoms. The van der Waals surface area contributed by atoms with E-state index in [1.807, 2.05) is 11.3 Å². The maximum Gasteiger partial charge on any atom is 0.0358 e. The van der Waals surface area contributed by atoms with Crippen LogP contribution in [0.2, 0.25) is 0 Å². The molecular weight excluding hydrogens is 248 g/mol. The zero-order chi connectivity index (χ0) is 13.6. The number of benzene rings is 2. The van der Waals surface area contributed by atoms with Crippen molar-refractivity contribution in [2.24, 2.45) is 0 Å². The molecule has 0 aliphatic rings. The maximum atomic E-state index is 2.32. The Morgan fingerprint density at radius 2 is 1.58 bits per heavy atom.